The molecule has 1 aliphatic rings. The summed E-state index contributed by atoms with van der Waals surface area (Å²) in [6.07, 6.45) is 0.735. The van der Waals surface area contributed by atoms with Crippen molar-refractivity contribution in [3.8, 4) is 0 Å². The summed E-state index contributed by atoms with van der Waals surface area (Å²) in [7, 11) is 0. The number of benzene rings is 3. The minimum Gasteiger partial charge on any atom is -0.326 e. The van der Waals surface area contributed by atoms with Crippen LogP contribution in [-0.4, -0.2) is 17.6 Å². The third kappa shape index (κ3) is 5.14. The van der Waals surface area contributed by atoms with Gasteiger partial charge in [0, 0.05) is 11.4 Å². The molecule has 3 aromatic rings. The summed E-state index contributed by atoms with van der Waals surface area (Å²) in [5, 5.41) is 2.98. The van der Waals surface area contributed by atoms with Crippen molar-refractivity contribution < 1.29 is 9.59 Å². The van der Waals surface area contributed by atoms with Crippen molar-refractivity contribution in [2.75, 3.05) is 16.0 Å². The van der Waals surface area contributed by atoms with E-state index in [2.05, 4.69) is 31.3 Å². The maximum atomic E-state index is 12.9. The van der Waals surface area contributed by atoms with Gasteiger partial charge in [0.25, 0.3) is 0 Å². The summed E-state index contributed by atoms with van der Waals surface area (Å²) in [5.74, 6) is 0.848. The Morgan fingerprint density at radius 3 is 2.24 bits per heavy atom. The van der Waals surface area contributed by atoms with Crippen LogP contribution in [0.25, 0.3) is 0 Å². The van der Waals surface area contributed by atoms with Crippen LogP contribution in [-0.2, 0) is 9.59 Å². The molecule has 33 heavy (non-hydrogen) atoms. The molecule has 4 rings (SSSR count). The molecule has 170 valence electrons. The quantitative estimate of drug-likeness (QED) is 0.427. The number of anilines is 2. The third-order valence-electron chi connectivity index (χ3n) is 6.10. The first-order chi connectivity index (χ1) is 16.0. The molecule has 1 aliphatic heterocycles. The van der Waals surface area contributed by atoms with Gasteiger partial charge < -0.3 is 5.32 Å². The molecule has 2 amide bonds. The monoisotopic (exact) mass is 458 g/mol. The summed E-state index contributed by atoms with van der Waals surface area (Å²) in [4.78, 5) is 27.4. The van der Waals surface area contributed by atoms with Crippen LogP contribution < -0.4 is 10.2 Å². The molecule has 0 aromatic heterocycles. The highest BCUT2D eigenvalue weighted by atomic mass is 32.2. The normalized spacial score (nSPS) is 16.8. The van der Waals surface area contributed by atoms with E-state index in [0.717, 1.165) is 28.9 Å². The minimum absolute atomic E-state index is 0.00580. The molecule has 4 nitrogen and oxygen atoms in total. The lowest BCUT2D eigenvalue weighted by Crippen LogP contribution is -2.27. The van der Waals surface area contributed by atoms with Gasteiger partial charge in [-0.1, -0.05) is 75.4 Å². The van der Waals surface area contributed by atoms with Crippen molar-refractivity contribution in [3.63, 3.8) is 0 Å². The molecule has 1 N–H and O–H groups in total. The van der Waals surface area contributed by atoms with Gasteiger partial charge in [0.05, 0.1) is 11.7 Å². The average Bonchev–Trinajstić information content (AvgIpc) is 3.22. The second-order valence-electron chi connectivity index (χ2n) is 8.66. The van der Waals surface area contributed by atoms with E-state index in [9.17, 15) is 9.59 Å². The topological polar surface area (TPSA) is 49.4 Å². The SMILES string of the molecule is CC[C@@H](C(=O)Nc1ccc([C@@H]2SCC(=O)N2c2ccc(C(C)C)cc2)cc1)c1ccccc1. The first kappa shape index (κ1) is 23.1. The molecule has 2 atom stereocenters. The Morgan fingerprint density at radius 1 is 0.970 bits per heavy atom. The molecular formula is C28H30N2O2S. The fourth-order valence-corrected chi connectivity index (χ4v) is 5.37. The summed E-state index contributed by atoms with van der Waals surface area (Å²) >= 11 is 1.63. The van der Waals surface area contributed by atoms with Crippen LogP contribution in [0.5, 0.6) is 0 Å². The first-order valence-corrected chi connectivity index (χ1v) is 12.5. The fraction of sp³-hybridized carbons (Fsp3) is 0.286. The highest BCUT2D eigenvalue weighted by Gasteiger charge is 2.34. The Hall–Kier alpha value is -3.05. The standard InChI is InChI=1S/C28H30N2O2S/c1-4-25(21-8-6-5-7-9-21)27(32)29-23-14-10-22(11-15-23)28-30(26(31)18-33-28)24-16-12-20(13-17-24)19(2)3/h5-17,19,25,28H,4,18H2,1-3H3,(H,29,32)/t25-,28+/m1/s1. The molecule has 1 saturated heterocycles. The number of carbonyl (C=O) groups excluding carboxylic acids is 2. The van der Waals surface area contributed by atoms with Gasteiger partial charge in [-0.3, -0.25) is 14.5 Å². The molecule has 0 aliphatic carbocycles. The highest BCUT2D eigenvalue weighted by Crippen LogP contribution is 2.42. The first-order valence-electron chi connectivity index (χ1n) is 11.5. The average molecular weight is 459 g/mol. The number of rotatable bonds is 7. The smallest absolute Gasteiger partial charge is 0.238 e. The van der Waals surface area contributed by atoms with Crippen LogP contribution in [0.3, 0.4) is 0 Å². The van der Waals surface area contributed by atoms with Gasteiger partial charge in [0.2, 0.25) is 11.8 Å². The number of hydrogen-bond donors (Lipinski definition) is 1. The van der Waals surface area contributed by atoms with E-state index in [4.69, 9.17) is 0 Å². The Kier molecular flexibility index (Phi) is 7.19. The molecular weight excluding hydrogens is 428 g/mol. The Balaban J connectivity index is 1.49. The molecule has 1 heterocycles. The molecule has 5 heteroatoms. The third-order valence-corrected chi connectivity index (χ3v) is 7.31. The van der Waals surface area contributed by atoms with E-state index >= 15 is 0 Å². The maximum Gasteiger partial charge on any atom is 0.238 e. The number of nitrogens with zero attached hydrogens (tertiary/aromatic N) is 1. The zero-order valence-corrected chi connectivity index (χ0v) is 20.1. The summed E-state index contributed by atoms with van der Waals surface area (Å²) < 4.78 is 0. The van der Waals surface area contributed by atoms with Gasteiger partial charge in [0.1, 0.15) is 5.37 Å². The van der Waals surface area contributed by atoms with Crippen molar-refractivity contribution in [1.82, 2.24) is 0 Å². The number of nitrogens with one attached hydrogen (secondary N) is 1. The lowest BCUT2D eigenvalue weighted by molar-refractivity contribution is -0.118. The minimum atomic E-state index is -0.182. The van der Waals surface area contributed by atoms with Gasteiger partial charge in [0.15, 0.2) is 0 Å². The van der Waals surface area contributed by atoms with Gasteiger partial charge in [-0.2, -0.15) is 0 Å². The van der Waals surface area contributed by atoms with E-state index in [0.29, 0.717) is 11.7 Å². The Bertz CT molecular complexity index is 1100. The summed E-state index contributed by atoms with van der Waals surface area (Å²) in [6, 6.07) is 26.0. The van der Waals surface area contributed by atoms with E-state index in [1.54, 1.807) is 11.8 Å². The van der Waals surface area contributed by atoms with Gasteiger partial charge in [-0.25, -0.2) is 0 Å². The number of hydrogen-bond acceptors (Lipinski definition) is 3. The molecule has 0 unspecified atom stereocenters. The van der Waals surface area contributed by atoms with Gasteiger partial charge in [-0.15, -0.1) is 11.8 Å². The molecule has 1 fully saturated rings. The van der Waals surface area contributed by atoms with Crippen LogP contribution in [0.2, 0.25) is 0 Å². The van der Waals surface area contributed by atoms with Crippen LogP contribution in [0.15, 0.2) is 78.9 Å². The number of thioether (sulfide) groups is 1. The molecule has 0 bridgehead atoms. The van der Waals surface area contributed by atoms with E-state index in [-0.39, 0.29) is 23.1 Å². The van der Waals surface area contributed by atoms with Crippen LogP contribution in [0.1, 0.15) is 61.1 Å². The predicted octanol–water partition coefficient (Wildman–Crippen LogP) is 6.72. The Morgan fingerprint density at radius 2 is 1.64 bits per heavy atom. The van der Waals surface area contributed by atoms with Crippen LogP contribution in [0.4, 0.5) is 11.4 Å². The number of carbonyl (C=O) groups is 2. The van der Waals surface area contributed by atoms with Crippen molar-refractivity contribution in [2.24, 2.45) is 0 Å². The maximum absolute atomic E-state index is 12.9. The van der Waals surface area contributed by atoms with Gasteiger partial charge in [-0.05, 0) is 53.3 Å². The predicted molar refractivity (Wildman–Crippen MR) is 138 cm³/mol. The van der Waals surface area contributed by atoms with Crippen molar-refractivity contribution in [3.05, 3.63) is 95.6 Å². The molecule has 0 radical (unpaired) electrons. The Labute approximate surface area is 200 Å². The summed E-state index contributed by atoms with van der Waals surface area (Å²) in [6.45, 7) is 6.35. The lowest BCUT2D eigenvalue weighted by atomic mass is 9.95. The molecule has 0 spiro atoms. The largest absolute Gasteiger partial charge is 0.326 e. The van der Waals surface area contributed by atoms with Crippen LogP contribution >= 0.6 is 11.8 Å². The number of amides is 2. The second-order valence-corrected chi connectivity index (χ2v) is 9.72. The van der Waals surface area contributed by atoms with E-state index < -0.39 is 0 Å². The lowest BCUT2D eigenvalue weighted by Gasteiger charge is -2.25. The summed E-state index contributed by atoms with van der Waals surface area (Å²) in [5.41, 5.74) is 5.02. The zero-order chi connectivity index (χ0) is 23.4. The van der Waals surface area contributed by atoms with Crippen molar-refractivity contribution >= 4 is 35.0 Å². The fourth-order valence-electron chi connectivity index (χ4n) is 4.19. The van der Waals surface area contributed by atoms with Crippen LogP contribution in [0, 0.1) is 0 Å². The van der Waals surface area contributed by atoms with Gasteiger partial charge >= 0.3 is 0 Å². The van der Waals surface area contributed by atoms with Crippen molar-refractivity contribution in [2.45, 2.75) is 44.4 Å². The molecule has 0 saturated carbocycles. The highest BCUT2D eigenvalue weighted by molar-refractivity contribution is 8.00. The van der Waals surface area contributed by atoms with E-state index in [1.807, 2.05) is 78.6 Å². The second kappa shape index (κ2) is 10.3. The van der Waals surface area contributed by atoms with E-state index in [1.165, 1.54) is 5.56 Å². The zero-order valence-electron chi connectivity index (χ0n) is 19.3. The van der Waals surface area contributed by atoms with Crippen molar-refractivity contribution in [1.29, 1.82) is 0 Å². The molecule has 3 aromatic carbocycles.